The Balaban J connectivity index is 1.53. The fourth-order valence-corrected chi connectivity index (χ4v) is 4.35. The Labute approximate surface area is 147 Å². The van der Waals surface area contributed by atoms with Crippen molar-refractivity contribution in [3.05, 3.63) is 47.5 Å². The molecule has 0 radical (unpaired) electrons. The average molecular weight is 344 g/mol. The molecule has 0 saturated carbocycles. The van der Waals surface area contributed by atoms with Crippen molar-refractivity contribution in [2.75, 3.05) is 33.2 Å². The Hall–Kier alpha value is -2.12. The van der Waals surface area contributed by atoms with E-state index in [1.165, 1.54) is 12.1 Å². The second-order valence-corrected chi connectivity index (χ2v) is 7.60. The van der Waals surface area contributed by atoms with Crippen molar-refractivity contribution in [3.8, 4) is 0 Å². The highest BCUT2D eigenvalue weighted by Crippen LogP contribution is 2.32. The second-order valence-electron chi connectivity index (χ2n) is 7.60. The first-order valence-corrected chi connectivity index (χ1v) is 8.72. The number of hydrogen-bond donors (Lipinski definition) is 3. The summed E-state index contributed by atoms with van der Waals surface area (Å²) in [4.78, 5) is 9.08. The first-order chi connectivity index (χ1) is 11.9. The Kier molecular flexibility index (Phi) is 3.92. The van der Waals surface area contributed by atoms with Crippen LogP contribution in [0.15, 0.2) is 41.2 Å². The predicted octanol–water partition coefficient (Wildman–Crippen LogP) is 0.276. The molecule has 3 atom stereocenters. The maximum Gasteiger partial charge on any atom is 0.196 e. The first kappa shape index (κ1) is 16.4. The predicted molar refractivity (Wildman–Crippen MR) is 95.9 cm³/mol. The molecule has 2 saturated heterocycles. The molecule has 0 aromatic heterocycles. The molecule has 134 valence electrons. The molecule has 4 rings (SSSR count). The third-order valence-corrected chi connectivity index (χ3v) is 5.36. The van der Waals surface area contributed by atoms with Crippen LogP contribution in [0.4, 0.5) is 4.39 Å². The van der Waals surface area contributed by atoms with Gasteiger partial charge in [-0.3, -0.25) is 0 Å². The number of nitrogens with two attached hydrogens (primary N) is 2. The Bertz CT molecular complexity index is 718. The summed E-state index contributed by atoms with van der Waals surface area (Å²) in [5.41, 5.74) is 12.3. The molecule has 3 heterocycles. The average Bonchev–Trinajstić information content (AvgIpc) is 3.03. The van der Waals surface area contributed by atoms with Crippen molar-refractivity contribution in [3.63, 3.8) is 0 Å². The minimum atomic E-state index is -0.965. The number of aliphatic imine (C=N–C) groups is 1. The van der Waals surface area contributed by atoms with Crippen LogP contribution in [0.1, 0.15) is 5.56 Å². The lowest BCUT2D eigenvalue weighted by Gasteiger charge is -2.33. The molecule has 7 heteroatoms. The van der Waals surface area contributed by atoms with Crippen LogP contribution in [-0.4, -0.2) is 54.6 Å². The van der Waals surface area contributed by atoms with Gasteiger partial charge in [-0.25, -0.2) is 9.38 Å². The molecule has 3 aliphatic heterocycles. The second kappa shape index (κ2) is 6.00. The Morgan fingerprint density at radius 3 is 2.68 bits per heavy atom. The van der Waals surface area contributed by atoms with E-state index in [1.807, 2.05) is 12.1 Å². The van der Waals surface area contributed by atoms with E-state index in [4.69, 9.17) is 11.5 Å². The van der Waals surface area contributed by atoms with E-state index in [0.29, 0.717) is 24.2 Å². The van der Waals surface area contributed by atoms with Gasteiger partial charge in [0.1, 0.15) is 17.3 Å². The SMILES string of the molecule is CN1CC2CN(C3=CC(N)(Cc4cccc(F)c4)N=C(N)N3)CC2C1. The zero-order chi connectivity index (χ0) is 17.6. The number of nitrogens with zero attached hydrogens (tertiary/aromatic N) is 3. The molecule has 0 aliphatic carbocycles. The van der Waals surface area contributed by atoms with Crippen molar-refractivity contribution in [2.45, 2.75) is 12.1 Å². The zero-order valence-corrected chi connectivity index (χ0v) is 14.5. The standard InChI is InChI=1S/C18H25FN6/c1-24-8-13-10-25(11-14(13)9-24)16-7-18(21,23-17(20)22-16)6-12-3-2-4-15(19)5-12/h2-5,7,13-14H,6,8-11,21H2,1H3,(H3,20,22,23). The summed E-state index contributed by atoms with van der Waals surface area (Å²) in [5.74, 6) is 2.33. The molecule has 2 fully saturated rings. The van der Waals surface area contributed by atoms with Gasteiger partial charge in [0.25, 0.3) is 0 Å². The van der Waals surface area contributed by atoms with Crippen LogP contribution in [0.25, 0.3) is 0 Å². The largest absolute Gasteiger partial charge is 0.370 e. The van der Waals surface area contributed by atoms with Crippen LogP contribution < -0.4 is 16.8 Å². The first-order valence-electron chi connectivity index (χ1n) is 8.72. The zero-order valence-electron chi connectivity index (χ0n) is 14.5. The highest BCUT2D eigenvalue weighted by Gasteiger charge is 2.40. The van der Waals surface area contributed by atoms with Gasteiger partial charge < -0.3 is 26.6 Å². The molecule has 0 spiro atoms. The van der Waals surface area contributed by atoms with Crippen LogP contribution >= 0.6 is 0 Å². The molecule has 6 nitrogen and oxygen atoms in total. The lowest BCUT2D eigenvalue weighted by atomic mass is 9.99. The number of hydrogen-bond acceptors (Lipinski definition) is 6. The maximum atomic E-state index is 13.5. The number of fused-ring (bicyclic) bond motifs is 1. The maximum absolute atomic E-state index is 13.5. The van der Waals surface area contributed by atoms with E-state index in [9.17, 15) is 4.39 Å². The molecule has 3 unspecified atom stereocenters. The molecule has 1 aromatic rings. The summed E-state index contributed by atoms with van der Waals surface area (Å²) in [5, 5.41) is 3.16. The highest BCUT2D eigenvalue weighted by molar-refractivity contribution is 5.81. The van der Waals surface area contributed by atoms with Crippen molar-refractivity contribution >= 4 is 5.96 Å². The van der Waals surface area contributed by atoms with Gasteiger partial charge in [0.2, 0.25) is 0 Å². The molecule has 3 aliphatic rings. The third-order valence-electron chi connectivity index (χ3n) is 5.36. The van der Waals surface area contributed by atoms with Crippen molar-refractivity contribution in [1.29, 1.82) is 0 Å². The smallest absolute Gasteiger partial charge is 0.196 e. The highest BCUT2D eigenvalue weighted by atomic mass is 19.1. The van der Waals surface area contributed by atoms with Gasteiger partial charge in [0.05, 0.1) is 0 Å². The Morgan fingerprint density at radius 2 is 2.00 bits per heavy atom. The van der Waals surface area contributed by atoms with Gasteiger partial charge >= 0.3 is 0 Å². The fraction of sp³-hybridized carbons (Fsp3) is 0.500. The fourth-order valence-electron chi connectivity index (χ4n) is 4.35. The summed E-state index contributed by atoms with van der Waals surface area (Å²) >= 11 is 0. The number of likely N-dealkylation sites (tertiary alicyclic amines) is 2. The number of halogens is 1. The van der Waals surface area contributed by atoms with Gasteiger partial charge in [-0.2, -0.15) is 0 Å². The van der Waals surface area contributed by atoms with Gasteiger partial charge in [-0.15, -0.1) is 0 Å². The molecular weight excluding hydrogens is 319 g/mol. The quantitative estimate of drug-likeness (QED) is 0.733. The minimum Gasteiger partial charge on any atom is -0.370 e. The van der Waals surface area contributed by atoms with E-state index in [0.717, 1.165) is 37.6 Å². The van der Waals surface area contributed by atoms with E-state index < -0.39 is 5.66 Å². The monoisotopic (exact) mass is 344 g/mol. The van der Waals surface area contributed by atoms with Crippen LogP contribution in [0.2, 0.25) is 0 Å². The van der Waals surface area contributed by atoms with Crippen molar-refractivity contribution < 1.29 is 4.39 Å². The number of nitrogens with one attached hydrogen (secondary N) is 1. The summed E-state index contributed by atoms with van der Waals surface area (Å²) in [6, 6.07) is 6.46. The van der Waals surface area contributed by atoms with E-state index in [1.54, 1.807) is 6.07 Å². The summed E-state index contributed by atoms with van der Waals surface area (Å²) in [6.07, 6.45) is 2.33. The van der Waals surface area contributed by atoms with Crippen molar-refractivity contribution in [1.82, 2.24) is 15.1 Å². The van der Waals surface area contributed by atoms with Crippen LogP contribution in [-0.2, 0) is 6.42 Å². The third kappa shape index (κ3) is 3.34. The molecule has 0 bridgehead atoms. The molecule has 5 N–H and O–H groups in total. The van der Waals surface area contributed by atoms with Crippen LogP contribution in [0, 0.1) is 17.7 Å². The van der Waals surface area contributed by atoms with E-state index >= 15 is 0 Å². The molecular formula is C18H25FN6. The molecule has 25 heavy (non-hydrogen) atoms. The van der Waals surface area contributed by atoms with E-state index in [2.05, 4.69) is 27.2 Å². The van der Waals surface area contributed by atoms with Crippen LogP contribution in [0.3, 0.4) is 0 Å². The van der Waals surface area contributed by atoms with Gasteiger partial charge in [-0.05, 0) is 42.7 Å². The Morgan fingerprint density at radius 1 is 1.28 bits per heavy atom. The lowest BCUT2D eigenvalue weighted by molar-refractivity contribution is 0.309. The molecule has 0 amide bonds. The van der Waals surface area contributed by atoms with Crippen LogP contribution in [0.5, 0.6) is 0 Å². The topological polar surface area (TPSA) is 82.9 Å². The summed E-state index contributed by atoms with van der Waals surface area (Å²) in [7, 11) is 2.18. The van der Waals surface area contributed by atoms with Gasteiger partial charge in [0.15, 0.2) is 5.96 Å². The number of guanidine groups is 1. The number of rotatable bonds is 3. The number of benzene rings is 1. The normalized spacial score (nSPS) is 32.2. The van der Waals surface area contributed by atoms with Gasteiger partial charge in [-0.1, -0.05) is 12.1 Å². The van der Waals surface area contributed by atoms with Crippen molar-refractivity contribution in [2.24, 2.45) is 28.3 Å². The molecule has 1 aromatic carbocycles. The van der Waals surface area contributed by atoms with E-state index in [-0.39, 0.29) is 5.82 Å². The lowest BCUT2D eigenvalue weighted by Crippen LogP contribution is -2.51. The summed E-state index contributed by atoms with van der Waals surface area (Å²) in [6.45, 7) is 4.26. The minimum absolute atomic E-state index is 0.271. The summed E-state index contributed by atoms with van der Waals surface area (Å²) < 4.78 is 13.5. The van der Waals surface area contributed by atoms with Gasteiger partial charge in [0, 0.05) is 32.6 Å².